The third kappa shape index (κ3) is 19.8. The highest BCUT2D eigenvalue weighted by Gasteiger charge is 2.02. The topological polar surface area (TPSA) is 92.4 Å². The molecule has 0 fully saturated rings. The van der Waals surface area contributed by atoms with Gasteiger partial charge in [0.2, 0.25) is 0 Å². The van der Waals surface area contributed by atoms with Crippen molar-refractivity contribution in [2.45, 2.75) is 83.5 Å². The van der Waals surface area contributed by atoms with Crippen molar-refractivity contribution in [1.29, 1.82) is 0 Å². The summed E-state index contributed by atoms with van der Waals surface area (Å²) in [5, 5.41) is 0. The quantitative estimate of drug-likeness (QED) is 0.175. The number of nitrogens with two attached hydrogens (primary N) is 1. The van der Waals surface area contributed by atoms with E-state index in [9.17, 15) is 8.42 Å². The zero-order valence-electron chi connectivity index (χ0n) is 13.4. The molecule has 128 valence electrons. The van der Waals surface area contributed by atoms with Crippen LogP contribution in [0.15, 0.2) is 0 Å². The van der Waals surface area contributed by atoms with Crippen molar-refractivity contribution in [3.63, 3.8) is 0 Å². The van der Waals surface area contributed by atoms with Gasteiger partial charge < -0.3 is 0 Å². The minimum Gasteiger partial charge on any atom is -0.286 e. The van der Waals surface area contributed by atoms with Crippen LogP contribution in [0.3, 0.4) is 0 Å². The molecule has 6 heteroatoms. The average molecular weight is 323 g/mol. The highest BCUT2D eigenvalue weighted by atomic mass is 32.2. The van der Waals surface area contributed by atoms with Crippen LogP contribution < -0.4 is 11.3 Å². The molecule has 0 aliphatic heterocycles. The molecule has 0 radical (unpaired) electrons. The largest absolute Gasteiger partial charge is 0.286 e. The van der Waals surface area contributed by atoms with Gasteiger partial charge in [-0.3, -0.25) is 15.8 Å². The summed E-state index contributed by atoms with van der Waals surface area (Å²) >= 11 is 0. The normalized spacial score (nSPS) is 11.9. The van der Waals surface area contributed by atoms with Gasteiger partial charge in [-0.15, -0.1) is 0 Å². The second kappa shape index (κ2) is 14.8. The predicted octanol–water partition coefficient (Wildman–Crippen LogP) is 3.41. The van der Waals surface area contributed by atoms with E-state index < -0.39 is 10.1 Å². The van der Waals surface area contributed by atoms with Crippen LogP contribution in [0.4, 0.5) is 0 Å². The highest BCUT2D eigenvalue weighted by molar-refractivity contribution is 7.85. The van der Waals surface area contributed by atoms with Gasteiger partial charge in [-0.05, 0) is 12.8 Å². The molecule has 0 aliphatic carbocycles. The monoisotopic (exact) mass is 322 g/mol. The first kappa shape index (κ1) is 20.8. The number of nitrogens with one attached hydrogen (secondary N) is 1. The van der Waals surface area contributed by atoms with Crippen molar-refractivity contribution in [1.82, 2.24) is 5.43 Å². The average Bonchev–Trinajstić information content (AvgIpc) is 2.42. The first-order chi connectivity index (χ1) is 10.1. The van der Waals surface area contributed by atoms with E-state index in [1.807, 2.05) is 0 Å². The molecule has 0 aromatic carbocycles. The summed E-state index contributed by atoms with van der Waals surface area (Å²) in [5.74, 6) is 5.12. The van der Waals surface area contributed by atoms with Crippen LogP contribution in [0, 0.1) is 0 Å². The molecule has 4 N–H and O–H groups in total. The van der Waals surface area contributed by atoms with E-state index in [0.717, 1.165) is 19.4 Å². The van der Waals surface area contributed by atoms with Gasteiger partial charge in [0.15, 0.2) is 0 Å². The van der Waals surface area contributed by atoms with E-state index in [1.165, 1.54) is 64.2 Å². The number of hydrogen-bond acceptors (Lipinski definition) is 4. The lowest BCUT2D eigenvalue weighted by atomic mass is 10.0. The van der Waals surface area contributed by atoms with E-state index in [1.54, 1.807) is 0 Å². The van der Waals surface area contributed by atoms with Crippen LogP contribution in [0.5, 0.6) is 0 Å². The summed E-state index contributed by atoms with van der Waals surface area (Å²) in [7, 11) is -3.75. The van der Waals surface area contributed by atoms with Crippen molar-refractivity contribution in [3.8, 4) is 0 Å². The molecule has 0 aromatic heterocycles. The molecule has 0 saturated carbocycles. The van der Waals surface area contributed by atoms with Crippen LogP contribution in [-0.4, -0.2) is 25.3 Å². The molecule has 21 heavy (non-hydrogen) atoms. The minimum atomic E-state index is -3.75. The fourth-order valence-electron chi connectivity index (χ4n) is 2.46. The Morgan fingerprint density at radius 3 is 1.33 bits per heavy atom. The van der Waals surface area contributed by atoms with Crippen LogP contribution >= 0.6 is 0 Å². The van der Waals surface area contributed by atoms with Crippen molar-refractivity contribution >= 4 is 10.1 Å². The van der Waals surface area contributed by atoms with E-state index in [4.69, 9.17) is 10.4 Å². The fraction of sp³-hybridized carbons (Fsp3) is 1.00. The smallest absolute Gasteiger partial charge is 0.264 e. The lowest BCUT2D eigenvalue weighted by Gasteiger charge is -2.03. The molecule has 0 heterocycles. The van der Waals surface area contributed by atoms with Crippen LogP contribution in [0.25, 0.3) is 0 Å². The predicted molar refractivity (Wildman–Crippen MR) is 88.6 cm³/mol. The Bertz CT molecular complexity index is 308. The Hall–Kier alpha value is -0.170. The molecule has 0 spiro atoms. The number of rotatable bonds is 16. The van der Waals surface area contributed by atoms with Gasteiger partial charge in [-0.1, -0.05) is 70.6 Å². The van der Waals surface area contributed by atoms with E-state index in [2.05, 4.69) is 5.43 Å². The Kier molecular flexibility index (Phi) is 14.6. The molecule has 5 nitrogen and oxygen atoms in total. The van der Waals surface area contributed by atoms with Crippen LogP contribution in [0.2, 0.25) is 0 Å². The Balaban J connectivity index is 3.03. The summed E-state index contributed by atoms with van der Waals surface area (Å²) in [6.07, 6.45) is 15.3. The summed E-state index contributed by atoms with van der Waals surface area (Å²) in [4.78, 5) is 0. The molecule has 0 amide bonds. The standard InChI is InChI=1S/C15H34N2O3S/c16-17-14-12-10-8-6-4-2-1-3-5-7-9-11-13-15-21(18,19)20/h17H,1-16H2,(H,18,19,20). The summed E-state index contributed by atoms with van der Waals surface area (Å²) in [5.41, 5.74) is 2.68. The van der Waals surface area contributed by atoms with E-state index >= 15 is 0 Å². The Morgan fingerprint density at radius 2 is 1.00 bits per heavy atom. The highest BCUT2D eigenvalue weighted by Crippen LogP contribution is 2.12. The number of hydrazine groups is 1. The maximum atomic E-state index is 10.5. The first-order valence-corrected chi connectivity index (χ1v) is 10.1. The molecule has 0 bridgehead atoms. The van der Waals surface area contributed by atoms with Gasteiger partial charge in [0.25, 0.3) is 10.1 Å². The third-order valence-electron chi connectivity index (χ3n) is 3.72. The molecule has 0 aromatic rings. The van der Waals surface area contributed by atoms with Gasteiger partial charge >= 0.3 is 0 Å². The lowest BCUT2D eigenvalue weighted by Crippen LogP contribution is -2.22. The second-order valence-corrected chi connectivity index (χ2v) is 7.41. The zero-order chi connectivity index (χ0) is 15.8. The van der Waals surface area contributed by atoms with Crippen LogP contribution in [0.1, 0.15) is 83.5 Å². The molecular formula is C15H34N2O3S. The molecule has 0 aliphatic rings. The Labute approximate surface area is 130 Å². The SMILES string of the molecule is NNCCCCCCCCCCCCCCCS(=O)(=O)O. The minimum absolute atomic E-state index is 0.0889. The molecule has 0 atom stereocenters. The van der Waals surface area contributed by atoms with Gasteiger partial charge in [0, 0.05) is 6.54 Å². The van der Waals surface area contributed by atoms with Gasteiger partial charge in [0.05, 0.1) is 5.75 Å². The van der Waals surface area contributed by atoms with Crippen LogP contribution in [-0.2, 0) is 10.1 Å². The maximum Gasteiger partial charge on any atom is 0.264 e. The zero-order valence-corrected chi connectivity index (χ0v) is 14.2. The summed E-state index contributed by atoms with van der Waals surface area (Å²) in [6.45, 7) is 0.921. The van der Waals surface area contributed by atoms with E-state index in [-0.39, 0.29) is 5.75 Å². The van der Waals surface area contributed by atoms with Gasteiger partial charge in [0.1, 0.15) is 0 Å². The summed E-state index contributed by atoms with van der Waals surface area (Å²) < 4.78 is 29.6. The third-order valence-corrected chi connectivity index (χ3v) is 4.53. The van der Waals surface area contributed by atoms with Crippen molar-refractivity contribution < 1.29 is 13.0 Å². The van der Waals surface area contributed by atoms with Crippen molar-refractivity contribution in [2.75, 3.05) is 12.3 Å². The van der Waals surface area contributed by atoms with Crippen molar-refractivity contribution in [2.24, 2.45) is 5.84 Å². The summed E-state index contributed by atoms with van der Waals surface area (Å²) in [6, 6.07) is 0. The molecule has 0 rings (SSSR count). The molecule has 0 saturated heterocycles. The van der Waals surface area contributed by atoms with E-state index in [0.29, 0.717) is 6.42 Å². The Morgan fingerprint density at radius 1 is 0.667 bits per heavy atom. The van der Waals surface area contributed by atoms with Gasteiger partial charge in [-0.25, -0.2) is 0 Å². The molecule has 0 unspecified atom stereocenters. The molecular weight excluding hydrogens is 288 g/mol. The van der Waals surface area contributed by atoms with Crippen molar-refractivity contribution in [3.05, 3.63) is 0 Å². The fourth-order valence-corrected chi connectivity index (χ4v) is 3.02. The number of unbranched alkanes of at least 4 members (excludes halogenated alkanes) is 12. The van der Waals surface area contributed by atoms with Gasteiger partial charge in [-0.2, -0.15) is 8.42 Å². The number of hydrogen-bond donors (Lipinski definition) is 3. The maximum absolute atomic E-state index is 10.5. The second-order valence-electron chi connectivity index (χ2n) is 5.84. The first-order valence-electron chi connectivity index (χ1n) is 8.45. The lowest BCUT2D eigenvalue weighted by molar-refractivity contribution is 0.478.